The van der Waals surface area contributed by atoms with Crippen molar-refractivity contribution in [3.63, 3.8) is 0 Å². The van der Waals surface area contributed by atoms with Gasteiger partial charge in [-0.05, 0) is 65.7 Å². The summed E-state index contributed by atoms with van der Waals surface area (Å²) in [7, 11) is 1.61. The Labute approximate surface area is 165 Å². The van der Waals surface area contributed by atoms with Gasteiger partial charge in [0, 0.05) is 10.5 Å². The monoisotopic (exact) mass is 434 g/mol. The number of halogens is 1. The normalized spacial score (nSPS) is 17.1. The maximum atomic E-state index is 12.6. The van der Waals surface area contributed by atoms with Crippen molar-refractivity contribution in [1.82, 2.24) is 5.32 Å². The van der Waals surface area contributed by atoms with Gasteiger partial charge < -0.3 is 15.4 Å². The van der Waals surface area contributed by atoms with E-state index < -0.39 is 0 Å². The van der Waals surface area contributed by atoms with Gasteiger partial charge in [-0.15, -0.1) is 11.8 Å². The second-order valence-electron chi connectivity index (χ2n) is 6.05. The molecule has 0 saturated carbocycles. The minimum atomic E-state index is -0.190. The van der Waals surface area contributed by atoms with E-state index in [0.29, 0.717) is 11.3 Å². The first-order valence-corrected chi connectivity index (χ1v) is 9.82. The standard InChI is InChI=1S/C19H19BrN2O3S/c1-10(12-4-6-16(25-3)14(20)8-12)21-19(24)13-5-7-17-15(9-13)22-18(23)11(2)26-17/h4-11H,1-3H3,(H,21,24)(H,22,23). The van der Waals surface area contributed by atoms with Crippen molar-refractivity contribution in [1.29, 1.82) is 0 Å². The van der Waals surface area contributed by atoms with Gasteiger partial charge in [0.25, 0.3) is 5.91 Å². The number of fused-ring (bicyclic) bond motifs is 1. The highest BCUT2D eigenvalue weighted by Gasteiger charge is 2.24. The molecule has 7 heteroatoms. The number of carbonyl (C=O) groups is 2. The Morgan fingerprint density at radius 1 is 1.31 bits per heavy atom. The molecule has 5 nitrogen and oxygen atoms in total. The van der Waals surface area contributed by atoms with Crippen LogP contribution in [0.2, 0.25) is 0 Å². The summed E-state index contributed by atoms with van der Waals surface area (Å²) in [6.45, 7) is 3.78. The van der Waals surface area contributed by atoms with E-state index in [2.05, 4.69) is 26.6 Å². The summed E-state index contributed by atoms with van der Waals surface area (Å²) in [5.74, 6) is 0.506. The van der Waals surface area contributed by atoms with Crippen molar-refractivity contribution in [2.24, 2.45) is 0 Å². The number of hydrogen-bond donors (Lipinski definition) is 2. The number of nitrogens with one attached hydrogen (secondary N) is 2. The zero-order valence-corrected chi connectivity index (χ0v) is 17.0. The van der Waals surface area contributed by atoms with Crippen LogP contribution in [-0.4, -0.2) is 24.2 Å². The van der Waals surface area contributed by atoms with E-state index in [1.807, 2.05) is 38.1 Å². The highest BCUT2D eigenvalue weighted by Crippen LogP contribution is 2.36. The van der Waals surface area contributed by atoms with E-state index in [1.165, 1.54) is 11.8 Å². The molecular formula is C19H19BrN2O3S. The zero-order valence-electron chi connectivity index (χ0n) is 14.6. The summed E-state index contributed by atoms with van der Waals surface area (Å²) in [5.41, 5.74) is 2.16. The fraction of sp³-hybridized carbons (Fsp3) is 0.263. The fourth-order valence-electron chi connectivity index (χ4n) is 2.67. The van der Waals surface area contributed by atoms with E-state index in [0.717, 1.165) is 20.7 Å². The molecule has 0 radical (unpaired) electrons. The Balaban J connectivity index is 1.75. The van der Waals surface area contributed by atoms with Crippen molar-refractivity contribution >= 4 is 45.2 Å². The first-order valence-electron chi connectivity index (χ1n) is 8.15. The molecule has 2 N–H and O–H groups in total. The van der Waals surface area contributed by atoms with Gasteiger partial charge >= 0.3 is 0 Å². The van der Waals surface area contributed by atoms with Crippen LogP contribution < -0.4 is 15.4 Å². The lowest BCUT2D eigenvalue weighted by atomic mass is 10.1. The number of amides is 2. The highest BCUT2D eigenvalue weighted by molar-refractivity contribution is 9.10. The van der Waals surface area contributed by atoms with Crippen LogP contribution in [0, 0.1) is 0 Å². The average molecular weight is 435 g/mol. The molecule has 0 aliphatic carbocycles. The van der Waals surface area contributed by atoms with Gasteiger partial charge in [0.15, 0.2) is 0 Å². The van der Waals surface area contributed by atoms with Gasteiger partial charge in [-0.3, -0.25) is 9.59 Å². The summed E-state index contributed by atoms with van der Waals surface area (Å²) >= 11 is 4.95. The molecule has 2 atom stereocenters. The first kappa shape index (κ1) is 18.8. The van der Waals surface area contributed by atoms with E-state index >= 15 is 0 Å². The number of carbonyl (C=O) groups excluding carboxylic acids is 2. The summed E-state index contributed by atoms with van der Waals surface area (Å²) in [6, 6.07) is 10.9. The Morgan fingerprint density at radius 3 is 2.77 bits per heavy atom. The van der Waals surface area contributed by atoms with Crippen LogP contribution in [0.3, 0.4) is 0 Å². The number of ether oxygens (including phenoxy) is 1. The molecule has 0 bridgehead atoms. The van der Waals surface area contributed by atoms with Gasteiger partial charge in [-0.2, -0.15) is 0 Å². The lowest BCUT2D eigenvalue weighted by Gasteiger charge is -2.22. The molecule has 0 spiro atoms. The quantitative estimate of drug-likeness (QED) is 0.748. The van der Waals surface area contributed by atoms with E-state index in [4.69, 9.17) is 4.74 Å². The summed E-state index contributed by atoms with van der Waals surface area (Å²) in [4.78, 5) is 25.4. The Bertz CT molecular complexity index is 872. The SMILES string of the molecule is COc1ccc(C(C)NC(=O)c2ccc3c(c2)NC(=O)C(C)S3)cc1Br. The molecule has 1 aliphatic rings. The average Bonchev–Trinajstić information content (AvgIpc) is 2.62. The van der Waals surface area contributed by atoms with E-state index in [1.54, 1.807) is 19.2 Å². The molecule has 26 heavy (non-hydrogen) atoms. The smallest absolute Gasteiger partial charge is 0.251 e. The predicted octanol–water partition coefficient (Wildman–Crippen LogP) is 4.38. The molecule has 1 aliphatic heterocycles. The third-order valence-corrected chi connectivity index (χ3v) is 5.99. The molecule has 2 aromatic carbocycles. The van der Waals surface area contributed by atoms with Crippen molar-refractivity contribution in [2.45, 2.75) is 30.0 Å². The lowest BCUT2D eigenvalue weighted by Crippen LogP contribution is -2.28. The van der Waals surface area contributed by atoms with Gasteiger partial charge in [0.2, 0.25) is 5.91 Å². The van der Waals surface area contributed by atoms with Gasteiger partial charge in [-0.1, -0.05) is 6.07 Å². The van der Waals surface area contributed by atoms with Crippen LogP contribution in [-0.2, 0) is 4.79 Å². The number of thioether (sulfide) groups is 1. The molecule has 3 rings (SSSR count). The third-order valence-electron chi connectivity index (χ3n) is 4.20. The van der Waals surface area contributed by atoms with Gasteiger partial charge in [0.05, 0.1) is 28.6 Å². The summed E-state index contributed by atoms with van der Waals surface area (Å²) in [5, 5.41) is 5.71. The number of methoxy groups -OCH3 is 1. The number of anilines is 1. The van der Waals surface area contributed by atoms with Crippen LogP contribution in [0.25, 0.3) is 0 Å². The maximum Gasteiger partial charge on any atom is 0.251 e. The molecule has 2 unspecified atom stereocenters. The number of benzene rings is 2. The molecule has 0 saturated heterocycles. The molecule has 1 heterocycles. The highest BCUT2D eigenvalue weighted by atomic mass is 79.9. The Hall–Kier alpha value is -1.99. The Kier molecular flexibility index (Phi) is 5.58. The summed E-state index contributed by atoms with van der Waals surface area (Å²) < 4.78 is 6.06. The van der Waals surface area contributed by atoms with E-state index in [-0.39, 0.29) is 23.1 Å². The van der Waals surface area contributed by atoms with Crippen molar-refractivity contribution < 1.29 is 14.3 Å². The minimum Gasteiger partial charge on any atom is -0.496 e. The van der Waals surface area contributed by atoms with Crippen LogP contribution >= 0.6 is 27.7 Å². The van der Waals surface area contributed by atoms with Crippen LogP contribution in [0.15, 0.2) is 45.8 Å². The third kappa shape index (κ3) is 3.88. The number of hydrogen-bond acceptors (Lipinski definition) is 4. The van der Waals surface area contributed by atoms with Crippen molar-refractivity contribution in [3.8, 4) is 5.75 Å². The first-order chi connectivity index (χ1) is 12.4. The van der Waals surface area contributed by atoms with E-state index in [9.17, 15) is 9.59 Å². The molecule has 136 valence electrons. The molecule has 0 fully saturated rings. The molecular weight excluding hydrogens is 416 g/mol. The fourth-order valence-corrected chi connectivity index (χ4v) is 4.15. The lowest BCUT2D eigenvalue weighted by molar-refractivity contribution is -0.115. The Morgan fingerprint density at radius 2 is 2.08 bits per heavy atom. The summed E-state index contributed by atoms with van der Waals surface area (Å²) in [6.07, 6.45) is 0. The van der Waals surface area contributed by atoms with Crippen molar-refractivity contribution in [3.05, 3.63) is 52.0 Å². The molecule has 2 amide bonds. The second kappa shape index (κ2) is 7.72. The largest absolute Gasteiger partial charge is 0.496 e. The van der Waals surface area contributed by atoms with Crippen LogP contribution in [0.5, 0.6) is 5.75 Å². The van der Waals surface area contributed by atoms with Crippen LogP contribution in [0.1, 0.15) is 35.8 Å². The van der Waals surface area contributed by atoms with Gasteiger partial charge in [-0.25, -0.2) is 0 Å². The van der Waals surface area contributed by atoms with Gasteiger partial charge in [0.1, 0.15) is 5.75 Å². The van der Waals surface area contributed by atoms with Crippen LogP contribution in [0.4, 0.5) is 5.69 Å². The molecule has 0 aromatic heterocycles. The zero-order chi connectivity index (χ0) is 18.8. The minimum absolute atomic E-state index is 0.0449. The predicted molar refractivity (Wildman–Crippen MR) is 107 cm³/mol. The maximum absolute atomic E-state index is 12.6. The number of rotatable bonds is 4. The second-order valence-corrected chi connectivity index (χ2v) is 8.29. The topological polar surface area (TPSA) is 67.4 Å². The molecule has 2 aromatic rings. The van der Waals surface area contributed by atoms with Crippen molar-refractivity contribution in [2.75, 3.05) is 12.4 Å².